The van der Waals surface area contributed by atoms with Gasteiger partial charge < -0.3 is 5.32 Å². The summed E-state index contributed by atoms with van der Waals surface area (Å²) in [6, 6.07) is 3.45. The predicted molar refractivity (Wildman–Crippen MR) is 60.3 cm³/mol. The minimum absolute atomic E-state index is 0.0407. The fraction of sp³-hybridized carbons (Fsp3) is 0.444. The number of pyridine rings is 1. The molecule has 15 heavy (non-hydrogen) atoms. The highest BCUT2D eigenvalue weighted by Crippen LogP contribution is 2.05. The minimum Gasteiger partial charge on any atom is -0.319 e. The lowest BCUT2D eigenvalue weighted by molar-refractivity contribution is 0.598. The van der Waals surface area contributed by atoms with Crippen LogP contribution in [0.5, 0.6) is 0 Å². The molecule has 1 heterocycles. The maximum atomic E-state index is 11.5. The molecule has 0 unspecified atom stereocenters. The third-order valence-electron chi connectivity index (χ3n) is 1.79. The second-order valence-corrected chi connectivity index (χ2v) is 5.09. The van der Waals surface area contributed by atoms with Crippen LogP contribution in [0.25, 0.3) is 0 Å². The van der Waals surface area contributed by atoms with Crippen LogP contribution >= 0.6 is 0 Å². The van der Waals surface area contributed by atoms with Gasteiger partial charge in [0.15, 0.2) is 0 Å². The number of hydrogen-bond acceptors (Lipinski definition) is 4. The van der Waals surface area contributed by atoms with E-state index in [9.17, 15) is 8.42 Å². The summed E-state index contributed by atoms with van der Waals surface area (Å²) in [5.41, 5.74) is 0.994. The van der Waals surface area contributed by atoms with E-state index in [1.807, 2.05) is 13.0 Å². The third kappa shape index (κ3) is 4.26. The fourth-order valence-corrected chi connectivity index (χ4v) is 1.99. The molecule has 1 aromatic rings. The molecule has 2 N–H and O–H groups in total. The van der Waals surface area contributed by atoms with Crippen molar-refractivity contribution in [3.8, 4) is 0 Å². The molecule has 0 spiro atoms. The van der Waals surface area contributed by atoms with Crippen molar-refractivity contribution < 1.29 is 8.42 Å². The first kappa shape index (κ1) is 11.9. The Morgan fingerprint density at radius 2 is 2.13 bits per heavy atom. The van der Waals surface area contributed by atoms with Gasteiger partial charge in [0.25, 0.3) is 0 Å². The Kier molecular flexibility index (Phi) is 4.05. The minimum atomic E-state index is -3.28. The molecule has 0 aliphatic heterocycles. The molecule has 0 atom stereocenters. The number of hydrogen-bond donors (Lipinski definition) is 2. The average molecular weight is 229 g/mol. The molecule has 0 saturated carbocycles. The van der Waals surface area contributed by atoms with Crippen molar-refractivity contribution in [2.24, 2.45) is 0 Å². The van der Waals surface area contributed by atoms with E-state index >= 15 is 0 Å². The van der Waals surface area contributed by atoms with Crippen LogP contribution in [0.15, 0.2) is 18.3 Å². The van der Waals surface area contributed by atoms with Crippen molar-refractivity contribution in [2.75, 3.05) is 24.1 Å². The summed E-state index contributed by atoms with van der Waals surface area (Å²) < 4.78 is 25.3. The van der Waals surface area contributed by atoms with Gasteiger partial charge in [-0.3, -0.25) is 4.72 Å². The van der Waals surface area contributed by atoms with Gasteiger partial charge >= 0.3 is 0 Å². The summed E-state index contributed by atoms with van der Waals surface area (Å²) in [6.45, 7) is 2.31. The van der Waals surface area contributed by atoms with Gasteiger partial charge in [0.05, 0.1) is 5.75 Å². The van der Waals surface area contributed by atoms with Crippen molar-refractivity contribution >= 4 is 15.8 Å². The highest BCUT2D eigenvalue weighted by molar-refractivity contribution is 7.92. The van der Waals surface area contributed by atoms with Gasteiger partial charge in [-0.15, -0.1) is 0 Å². The molecule has 1 aromatic heterocycles. The molecular weight excluding hydrogens is 214 g/mol. The second kappa shape index (κ2) is 5.09. The predicted octanol–water partition coefficient (Wildman–Crippen LogP) is 0.351. The van der Waals surface area contributed by atoms with E-state index in [4.69, 9.17) is 0 Å². The molecular formula is C9H15N3O2S. The van der Waals surface area contributed by atoms with E-state index < -0.39 is 10.0 Å². The Hall–Kier alpha value is -1.14. The first-order chi connectivity index (χ1) is 7.03. The maximum absolute atomic E-state index is 11.5. The van der Waals surface area contributed by atoms with Crippen LogP contribution in [-0.2, 0) is 10.0 Å². The largest absolute Gasteiger partial charge is 0.319 e. The lowest BCUT2D eigenvalue weighted by atomic mass is 10.3. The number of rotatable bonds is 5. The Morgan fingerprint density at radius 3 is 2.67 bits per heavy atom. The van der Waals surface area contributed by atoms with Crippen LogP contribution in [0.3, 0.4) is 0 Å². The number of anilines is 1. The molecule has 0 aromatic carbocycles. The van der Waals surface area contributed by atoms with Gasteiger partial charge in [0.2, 0.25) is 10.0 Å². The zero-order valence-corrected chi connectivity index (χ0v) is 9.63. The van der Waals surface area contributed by atoms with E-state index in [0.29, 0.717) is 12.4 Å². The Balaban J connectivity index is 2.65. The van der Waals surface area contributed by atoms with Crippen molar-refractivity contribution in [3.05, 3.63) is 23.9 Å². The summed E-state index contributed by atoms with van der Waals surface area (Å²) in [5.74, 6) is 0.399. The fourth-order valence-electron chi connectivity index (χ4n) is 0.975. The Morgan fingerprint density at radius 1 is 1.40 bits per heavy atom. The number of aryl methyl sites for hydroxylation is 1. The van der Waals surface area contributed by atoms with Crippen LogP contribution < -0.4 is 10.0 Å². The number of sulfonamides is 1. The van der Waals surface area contributed by atoms with Gasteiger partial charge in [0.1, 0.15) is 5.82 Å². The summed E-state index contributed by atoms with van der Waals surface area (Å²) >= 11 is 0. The molecule has 0 aliphatic rings. The highest BCUT2D eigenvalue weighted by Gasteiger charge is 2.09. The smallest absolute Gasteiger partial charge is 0.235 e. The van der Waals surface area contributed by atoms with Gasteiger partial charge in [-0.2, -0.15) is 0 Å². The van der Waals surface area contributed by atoms with Gasteiger partial charge in [0, 0.05) is 12.7 Å². The number of aromatic nitrogens is 1. The summed E-state index contributed by atoms with van der Waals surface area (Å²) in [6.07, 6.45) is 1.62. The van der Waals surface area contributed by atoms with E-state index in [0.717, 1.165) is 5.56 Å². The zero-order valence-electron chi connectivity index (χ0n) is 8.82. The van der Waals surface area contributed by atoms with Crippen LogP contribution in [-0.4, -0.2) is 32.7 Å². The van der Waals surface area contributed by atoms with Crippen LogP contribution in [0.2, 0.25) is 0 Å². The Labute approximate surface area is 90.0 Å². The summed E-state index contributed by atoms with van der Waals surface area (Å²) in [4.78, 5) is 3.96. The highest BCUT2D eigenvalue weighted by atomic mass is 32.2. The quantitative estimate of drug-likeness (QED) is 0.764. The van der Waals surface area contributed by atoms with E-state index in [2.05, 4.69) is 15.0 Å². The van der Waals surface area contributed by atoms with Crippen LogP contribution in [0.4, 0.5) is 5.82 Å². The molecule has 0 saturated heterocycles. The molecule has 0 fully saturated rings. The molecule has 0 amide bonds. The first-order valence-corrected chi connectivity index (χ1v) is 6.26. The summed E-state index contributed by atoms with van der Waals surface area (Å²) in [5, 5.41) is 2.78. The molecule has 0 aliphatic carbocycles. The monoisotopic (exact) mass is 229 g/mol. The first-order valence-electron chi connectivity index (χ1n) is 4.61. The number of nitrogens with one attached hydrogen (secondary N) is 2. The van der Waals surface area contributed by atoms with Gasteiger partial charge in [-0.1, -0.05) is 6.07 Å². The zero-order chi connectivity index (χ0) is 11.3. The normalized spacial score (nSPS) is 11.3. The number of nitrogens with zero attached hydrogens (tertiary/aromatic N) is 1. The maximum Gasteiger partial charge on any atom is 0.235 e. The van der Waals surface area contributed by atoms with Crippen molar-refractivity contribution in [1.29, 1.82) is 0 Å². The van der Waals surface area contributed by atoms with Gasteiger partial charge in [-0.05, 0) is 25.6 Å². The molecule has 84 valence electrons. The topological polar surface area (TPSA) is 71.1 Å². The molecule has 5 nitrogen and oxygen atoms in total. The van der Waals surface area contributed by atoms with E-state index in [1.54, 1.807) is 19.3 Å². The standard InChI is InChI=1S/C9H15N3O2S/c1-8-3-4-9(11-7-8)12-15(13,14)6-5-10-2/h3-4,7,10H,5-6H2,1-2H3,(H,11,12). The third-order valence-corrected chi connectivity index (χ3v) is 3.05. The molecule has 0 radical (unpaired) electrons. The van der Waals surface area contributed by atoms with Crippen molar-refractivity contribution in [2.45, 2.75) is 6.92 Å². The SMILES string of the molecule is CNCCS(=O)(=O)Nc1ccc(C)cn1. The lowest BCUT2D eigenvalue weighted by Gasteiger charge is -2.06. The van der Waals surface area contributed by atoms with Crippen LogP contribution in [0, 0.1) is 6.92 Å². The summed E-state index contributed by atoms with van der Waals surface area (Å²) in [7, 11) is -1.58. The molecule has 1 rings (SSSR count). The van der Waals surface area contributed by atoms with E-state index in [1.165, 1.54) is 0 Å². The molecule has 6 heteroatoms. The average Bonchev–Trinajstić information content (AvgIpc) is 2.18. The van der Waals surface area contributed by atoms with Crippen molar-refractivity contribution in [3.63, 3.8) is 0 Å². The van der Waals surface area contributed by atoms with Crippen LogP contribution in [0.1, 0.15) is 5.56 Å². The lowest BCUT2D eigenvalue weighted by Crippen LogP contribution is -2.24. The second-order valence-electron chi connectivity index (χ2n) is 3.25. The van der Waals surface area contributed by atoms with Gasteiger partial charge in [-0.25, -0.2) is 13.4 Å². The van der Waals surface area contributed by atoms with Crippen molar-refractivity contribution in [1.82, 2.24) is 10.3 Å². The molecule has 0 bridgehead atoms. The Bertz CT molecular complexity index is 400. The van der Waals surface area contributed by atoms with E-state index in [-0.39, 0.29) is 5.75 Å².